The molecule has 0 spiro atoms. The molecule has 3 heterocycles. The van der Waals surface area contributed by atoms with E-state index >= 15 is 0 Å². The van der Waals surface area contributed by atoms with Crippen LogP contribution in [-0.4, -0.2) is 62.5 Å². The maximum atomic E-state index is 12.7. The number of benzene rings is 1. The van der Waals surface area contributed by atoms with Gasteiger partial charge in [0.2, 0.25) is 0 Å². The highest BCUT2D eigenvalue weighted by atomic mass is 32.2. The van der Waals surface area contributed by atoms with Crippen molar-refractivity contribution in [3.8, 4) is 5.75 Å². The topological polar surface area (TPSA) is 179 Å². The minimum absolute atomic E-state index is 0.0443. The Hall–Kier alpha value is -4.33. The lowest BCUT2D eigenvalue weighted by Gasteiger charge is -2.49. The number of carboxylic acids is 1. The summed E-state index contributed by atoms with van der Waals surface area (Å²) in [6.07, 6.45) is 0. The van der Waals surface area contributed by atoms with Crippen molar-refractivity contribution < 1.29 is 43.1 Å². The fraction of sp³-hybridized carbons (Fsp3) is 0.304. The molecule has 2 N–H and O–H groups in total. The minimum atomic E-state index is -1.34. The Labute approximate surface area is 213 Å². The van der Waals surface area contributed by atoms with E-state index in [2.05, 4.69) is 5.32 Å². The molecule has 1 aromatic carbocycles. The maximum absolute atomic E-state index is 12.7. The van der Waals surface area contributed by atoms with Crippen LogP contribution in [0.15, 0.2) is 46.0 Å². The minimum Gasteiger partial charge on any atom is -0.479 e. The van der Waals surface area contributed by atoms with E-state index < -0.39 is 40.1 Å². The molecule has 1 aromatic heterocycles. The zero-order valence-electron chi connectivity index (χ0n) is 19.6. The number of thioether (sulfide) groups is 1. The molecule has 0 unspecified atom stereocenters. The van der Waals surface area contributed by atoms with Gasteiger partial charge in [0.05, 0.1) is 4.92 Å². The molecule has 4 rings (SSSR count). The number of nitrogens with zero attached hydrogens (tertiary/aromatic N) is 2. The summed E-state index contributed by atoms with van der Waals surface area (Å²) in [6, 6.07) is 6.36. The average Bonchev–Trinajstić information content (AvgIpc) is 3.33. The van der Waals surface area contributed by atoms with Crippen LogP contribution >= 0.6 is 11.8 Å². The number of nitro benzene ring substituents is 1. The number of β-lactam (4-membered cyclic amide) rings is 1. The summed E-state index contributed by atoms with van der Waals surface area (Å²) in [6.45, 7) is 2.48. The summed E-state index contributed by atoms with van der Waals surface area (Å²) < 4.78 is 15.9. The summed E-state index contributed by atoms with van der Waals surface area (Å²) in [7, 11) is 0. The number of esters is 1. The predicted octanol–water partition coefficient (Wildman–Crippen LogP) is 1.99. The van der Waals surface area contributed by atoms with Gasteiger partial charge in [-0.2, -0.15) is 0 Å². The molecule has 0 saturated carbocycles. The highest BCUT2D eigenvalue weighted by Crippen LogP contribution is 2.40. The molecule has 2 atom stereocenters. The fourth-order valence-corrected chi connectivity index (χ4v) is 5.14. The largest absolute Gasteiger partial charge is 0.479 e. The average molecular weight is 531 g/mol. The third-order valence-electron chi connectivity index (χ3n) is 5.55. The Kier molecular flexibility index (Phi) is 7.20. The molecule has 14 heteroatoms. The van der Waals surface area contributed by atoms with Gasteiger partial charge in [-0.05, 0) is 30.7 Å². The summed E-state index contributed by atoms with van der Waals surface area (Å²) in [5.41, 5.74) is 0.519. The van der Waals surface area contributed by atoms with Crippen molar-refractivity contribution in [3.05, 3.63) is 68.8 Å². The van der Waals surface area contributed by atoms with Gasteiger partial charge in [0.15, 0.2) is 11.5 Å². The first kappa shape index (κ1) is 25.8. The van der Waals surface area contributed by atoms with E-state index in [1.54, 1.807) is 13.0 Å². The molecule has 13 nitrogen and oxygen atoms in total. The van der Waals surface area contributed by atoms with Gasteiger partial charge in [0.1, 0.15) is 36.1 Å². The first-order valence-corrected chi connectivity index (χ1v) is 11.9. The lowest BCUT2D eigenvalue weighted by atomic mass is 10.0. The molecular formula is C23H21N3O10S. The number of nitrogens with one attached hydrogen (secondary N) is 1. The number of fused-ring (bicyclic) bond motifs is 1. The van der Waals surface area contributed by atoms with Gasteiger partial charge in [-0.1, -0.05) is 6.07 Å². The highest BCUT2D eigenvalue weighted by molar-refractivity contribution is 8.00. The van der Waals surface area contributed by atoms with Crippen molar-refractivity contribution in [3.63, 3.8) is 0 Å². The van der Waals surface area contributed by atoms with E-state index in [0.717, 1.165) is 4.90 Å². The number of hydrogen-bond donors (Lipinski definition) is 2. The zero-order valence-corrected chi connectivity index (χ0v) is 20.4. The van der Waals surface area contributed by atoms with Gasteiger partial charge < -0.3 is 24.3 Å². The SMILES string of the molecule is CC(=O)OCC1=C(C(=O)O)N2C(=O)[C@@H](NC(=O)c3ccc(COc4ccc(C)cc4[N+](=O)[O-])o3)[C@H]2SC1. The Morgan fingerprint density at radius 1 is 1.27 bits per heavy atom. The van der Waals surface area contributed by atoms with Gasteiger partial charge in [-0.25, -0.2) is 4.79 Å². The van der Waals surface area contributed by atoms with Crippen LogP contribution in [0.1, 0.15) is 28.8 Å². The van der Waals surface area contributed by atoms with Crippen LogP contribution in [0.5, 0.6) is 5.75 Å². The Bertz CT molecular complexity index is 1330. The smallest absolute Gasteiger partial charge is 0.352 e. The summed E-state index contributed by atoms with van der Waals surface area (Å²) in [5, 5.41) is 22.7. The molecular weight excluding hydrogens is 510 g/mol. The fourth-order valence-electron chi connectivity index (χ4n) is 3.81. The van der Waals surface area contributed by atoms with Crippen molar-refractivity contribution in [2.45, 2.75) is 31.9 Å². The quantitative estimate of drug-likeness (QED) is 0.209. The van der Waals surface area contributed by atoms with Crippen molar-refractivity contribution in [2.75, 3.05) is 12.4 Å². The van der Waals surface area contributed by atoms with E-state index in [1.807, 2.05) is 0 Å². The Morgan fingerprint density at radius 3 is 2.70 bits per heavy atom. The number of carboxylic acid groups (broad SMARTS) is 1. The number of hydrogen-bond acceptors (Lipinski definition) is 10. The molecule has 2 aliphatic heterocycles. The molecule has 1 fully saturated rings. The summed E-state index contributed by atoms with van der Waals surface area (Å²) >= 11 is 1.23. The first-order valence-electron chi connectivity index (χ1n) is 10.9. The third-order valence-corrected chi connectivity index (χ3v) is 6.89. The molecule has 0 aliphatic carbocycles. The van der Waals surface area contributed by atoms with E-state index in [9.17, 15) is 34.4 Å². The number of aliphatic carboxylic acids is 1. The van der Waals surface area contributed by atoms with Crippen LogP contribution in [0.25, 0.3) is 0 Å². The van der Waals surface area contributed by atoms with Crippen molar-refractivity contribution in [1.82, 2.24) is 10.2 Å². The lowest BCUT2D eigenvalue weighted by molar-refractivity contribution is -0.386. The van der Waals surface area contributed by atoms with E-state index in [4.69, 9.17) is 13.9 Å². The van der Waals surface area contributed by atoms with Gasteiger partial charge in [-0.3, -0.25) is 29.4 Å². The van der Waals surface area contributed by atoms with Crippen molar-refractivity contribution in [1.29, 1.82) is 0 Å². The zero-order chi connectivity index (χ0) is 26.9. The number of aryl methyl sites for hydroxylation is 1. The number of ether oxygens (including phenoxy) is 2. The van der Waals surface area contributed by atoms with E-state index in [-0.39, 0.29) is 53.2 Å². The Morgan fingerprint density at radius 2 is 2.03 bits per heavy atom. The molecule has 0 radical (unpaired) electrons. The maximum Gasteiger partial charge on any atom is 0.352 e. The monoisotopic (exact) mass is 531 g/mol. The number of carbonyl (C=O) groups excluding carboxylic acids is 3. The molecule has 2 aliphatic rings. The molecule has 1 saturated heterocycles. The predicted molar refractivity (Wildman–Crippen MR) is 127 cm³/mol. The van der Waals surface area contributed by atoms with Crippen LogP contribution in [0, 0.1) is 17.0 Å². The molecule has 37 heavy (non-hydrogen) atoms. The van der Waals surface area contributed by atoms with Crippen LogP contribution in [-0.2, 0) is 25.7 Å². The first-order chi connectivity index (χ1) is 17.6. The van der Waals surface area contributed by atoms with Crippen molar-refractivity contribution >= 4 is 41.2 Å². The number of rotatable bonds is 9. The number of furan rings is 1. The second-order valence-electron chi connectivity index (χ2n) is 8.18. The summed E-state index contributed by atoms with van der Waals surface area (Å²) in [5.74, 6) is -2.89. The highest BCUT2D eigenvalue weighted by Gasteiger charge is 2.54. The number of nitro groups is 1. The second-order valence-corrected chi connectivity index (χ2v) is 9.29. The molecule has 2 aromatic rings. The van der Waals surface area contributed by atoms with Gasteiger partial charge in [-0.15, -0.1) is 11.8 Å². The van der Waals surface area contributed by atoms with Crippen LogP contribution in [0.2, 0.25) is 0 Å². The lowest BCUT2D eigenvalue weighted by Crippen LogP contribution is -2.70. The molecule has 2 amide bonds. The summed E-state index contributed by atoms with van der Waals surface area (Å²) in [4.78, 5) is 60.0. The van der Waals surface area contributed by atoms with Gasteiger partial charge in [0, 0.05) is 24.3 Å². The second kappa shape index (κ2) is 10.3. The number of amides is 2. The standard InChI is InChI=1S/C23H21N3O10S/c1-11-3-5-16(15(7-11)26(32)33)35-9-14-4-6-17(36-14)20(28)24-18-21(29)25-19(23(30)31)13(8-34-12(2)27)10-37-22(18)25/h3-7,18,22H,8-10H2,1-2H3,(H,24,28)(H,30,31)/t18-,22-/m1/s1. The molecule has 194 valence electrons. The number of carbonyl (C=O) groups is 4. The van der Waals surface area contributed by atoms with Gasteiger partial charge in [0.25, 0.3) is 11.8 Å². The Balaban J connectivity index is 1.39. The van der Waals surface area contributed by atoms with E-state index in [0.29, 0.717) is 5.56 Å². The van der Waals surface area contributed by atoms with E-state index in [1.165, 1.54) is 43.0 Å². The normalized spacial score (nSPS) is 18.5. The molecule has 0 bridgehead atoms. The van der Waals surface area contributed by atoms with Crippen LogP contribution in [0.4, 0.5) is 5.69 Å². The van der Waals surface area contributed by atoms with Crippen LogP contribution in [0.3, 0.4) is 0 Å². The van der Waals surface area contributed by atoms with Crippen molar-refractivity contribution in [2.24, 2.45) is 0 Å². The van der Waals surface area contributed by atoms with Crippen LogP contribution < -0.4 is 10.1 Å². The van der Waals surface area contributed by atoms with Gasteiger partial charge >= 0.3 is 17.6 Å². The third kappa shape index (κ3) is 5.28.